The average molecular weight is 223 g/mol. The van der Waals surface area contributed by atoms with Gasteiger partial charge in [-0.25, -0.2) is 0 Å². The number of nitrogens with zero attached hydrogens (tertiary/aromatic N) is 3. The van der Waals surface area contributed by atoms with Crippen LogP contribution in [0.3, 0.4) is 0 Å². The van der Waals surface area contributed by atoms with E-state index < -0.39 is 0 Å². The van der Waals surface area contributed by atoms with Gasteiger partial charge in [0.05, 0.1) is 25.2 Å². The second-order valence-electron chi connectivity index (χ2n) is 4.75. The van der Waals surface area contributed by atoms with Crippen LogP contribution in [-0.4, -0.2) is 61.8 Å². The molecular formula is C12H21N3O. The first kappa shape index (κ1) is 11.8. The minimum absolute atomic E-state index is 0.240. The van der Waals surface area contributed by atoms with Crippen molar-refractivity contribution in [1.29, 1.82) is 5.26 Å². The molecule has 0 aromatic rings. The molecule has 2 aliphatic rings. The molecule has 16 heavy (non-hydrogen) atoms. The Labute approximate surface area is 97.8 Å². The first-order valence-corrected chi connectivity index (χ1v) is 6.25. The molecule has 0 N–H and O–H groups in total. The summed E-state index contributed by atoms with van der Waals surface area (Å²) in [6.07, 6.45) is 1.04. The molecule has 0 amide bonds. The summed E-state index contributed by atoms with van der Waals surface area (Å²) in [5, 5.41) is 8.97. The van der Waals surface area contributed by atoms with Gasteiger partial charge in [-0.1, -0.05) is 0 Å². The highest BCUT2D eigenvalue weighted by Crippen LogP contribution is 2.22. The molecule has 2 aliphatic heterocycles. The van der Waals surface area contributed by atoms with Gasteiger partial charge in [-0.3, -0.25) is 9.80 Å². The Hall–Kier alpha value is -0.630. The summed E-state index contributed by atoms with van der Waals surface area (Å²) in [4.78, 5) is 4.90. The maximum atomic E-state index is 8.97. The monoisotopic (exact) mass is 223 g/mol. The summed E-state index contributed by atoms with van der Waals surface area (Å²) < 4.78 is 5.33. The van der Waals surface area contributed by atoms with Crippen molar-refractivity contribution in [2.75, 3.05) is 45.9 Å². The minimum atomic E-state index is 0.240. The third-order valence-corrected chi connectivity index (χ3v) is 3.86. The van der Waals surface area contributed by atoms with Gasteiger partial charge in [0.1, 0.15) is 0 Å². The number of hydrogen-bond acceptors (Lipinski definition) is 4. The molecule has 2 atom stereocenters. The Morgan fingerprint density at radius 2 is 2.00 bits per heavy atom. The first-order chi connectivity index (χ1) is 7.81. The molecule has 4 heteroatoms. The molecule has 0 spiro atoms. The summed E-state index contributed by atoms with van der Waals surface area (Å²) in [6.45, 7) is 9.34. The van der Waals surface area contributed by atoms with E-state index in [0.29, 0.717) is 6.04 Å². The molecule has 2 rings (SSSR count). The highest BCUT2D eigenvalue weighted by molar-refractivity contribution is 4.96. The summed E-state index contributed by atoms with van der Waals surface area (Å²) in [5.74, 6) is 0.240. The van der Waals surface area contributed by atoms with Crippen LogP contribution in [0.5, 0.6) is 0 Å². The normalized spacial score (nSPS) is 32.8. The largest absolute Gasteiger partial charge is 0.379 e. The van der Waals surface area contributed by atoms with Gasteiger partial charge < -0.3 is 4.74 Å². The van der Waals surface area contributed by atoms with E-state index in [9.17, 15) is 0 Å². The van der Waals surface area contributed by atoms with Crippen LogP contribution in [0.25, 0.3) is 0 Å². The topological polar surface area (TPSA) is 39.5 Å². The Morgan fingerprint density at radius 1 is 1.25 bits per heavy atom. The van der Waals surface area contributed by atoms with Gasteiger partial charge in [0.25, 0.3) is 0 Å². The standard InChI is InChI=1S/C12H21N3O/c1-11-12(10-13)2-3-15(11)5-4-14-6-8-16-9-7-14/h11-12H,2-9H2,1H3. The zero-order valence-electron chi connectivity index (χ0n) is 10.1. The van der Waals surface area contributed by atoms with Crippen LogP contribution < -0.4 is 0 Å². The van der Waals surface area contributed by atoms with E-state index in [1.807, 2.05) is 0 Å². The van der Waals surface area contributed by atoms with E-state index in [1.54, 1.807) is 0 Å². The third-order valence-electron chi connectivity index (χ3n) is 3.86. The lowest BCUT2D eigenvalue weighted by atomic mass is 10.0. The molecule has 0 radical (unpaired) electrons. The molecule has 90 valence electrons. The van der Waals surface area contributed by atoms with Crippen molar-refractivity contribution in [2.45, 2.75) is 19.4 Å². The Bertz CT molecular complexity index is 257. The number of morpholine rings is 1. The zero-order chi connectivity index (χ0) is 11.4. The maximum Gasteiger partial charge on any atom is 0.0672 e. The highest BCUT2D eigenvalue weighted by atomic mass is 16.5. The molecule has 0 aromatic carbocycles. The second kappa shape index (κ2) is 5.62. The van der Waals surface area contributed by atoms with E-state index in [4.69, 9.17) is 10.00 Å². The highest BCUT2D eigenvalue weighted by Gasteiger charge is 2.30. The molecule has 0 aliphatic carbocycles. The molecule has 0 bridgehead atoms. The van der Waals surface area contributed by atoms with Crippen molar-refractivity contribution in [2.24, 2.45) is 5.92 Å². The van der Waals surface area contributed by atoms with Crippen LogP contribution in [-0.2, 0) is 4.74 Å². The first-order valence-electron chi connectivity index (χ1n) is 6.25. The van der Waals surface area contributed by atoms with Crippen molar-refractivity contribution in [3.8, 4) is 6.07 Å². The van der Waals surface area contributed by atoms with Gasteiger partial charge in [-0.15, -0.1) is 0 Å². The van der Waals surface area contributed by atoms with Crippen LogP contribution in [0.15, 0.2) is 0 Å². The van der Waals surface area contributed by atoms with Crippen LogP contribution >= 0.6 is 0 Å². The number of ether oxygens (including phenoxy) is 1. The fraction of sp³-hybridized carbons (Fsp3) is 0.917. The van der Waals surface area contributed by atoms with Crippen LogP contribution in [0.2, 0.25) is 0 Å². The molecule has 0 saturated carbocycles. The van der Waals surface area contributed by atoms with Crippen LogP contribution in [0, 0.1) is 17.2 Å². The van der Waals surface area contributed by atoms with E-state index in [-0.39, 0.29) is 5.92 Å². The molecule has 0 aromatic heterocycles. The number of hydrogen-bond donors (Lipinski definition) is 0. The van der Waals surface area contributed by atoms with Crippen LogP contribution in [0.4, 0.5) is 0 Å². The maximum absolute atomic E-state index is 8.97. The summed E-state index contributed by atoms with van der Waals surface area (Å²) in [6, 6.07) is 2.84. The molecule has 2 unspecified atom stereocenters. The number of rotatable bonds is 3. The minimum Gasteiger partial charge on any atom is -0.379 e. The van der Waals surface area contributed by atoms with Gasteiger partial charge in [-0.05, 0) is 19.9 Å². The smallest absolute Gasteiger partial charge is 0.0672 e. The van der Waals surface area contributed by atoms with Crippen molar-refractivity contribution in [3.05, 3.63) is 0 Å². The third kappa shape index (κ3) is 2.73. The summed E-state index contributed by atoms with van der Waals surface area (Å²) in [5.41, 5.74) is 0. The van der Waals surface area contributed by atoms with E-state index in [2.05, 4.69) is 22.8 Å². The predicted molar refractivity (Wildman–Crippen MR) is 62.0 cm³/mol. The van der Waals surface area contributed by atoms with Crippen LogP contribution in [0.1, 0.15) is 13.3 Å². The number of likely N-dealkylation sites (tertiary alicyclic amines) is 1. The van der Waals surface area contributed by atoms with Crippen molar-refractivity contribution >= 4 is 0 Å². The Balaban J connectivity index is 1.72. The zero-order valence-corrected chi connectivity index (χ0v) is 10.1. The van der Waals surface area contributed by atoms with Crippen molar-refractivity contribution in [1.82, 2.24) is 9.80 Å². The fourth-order valence-corrected chi connectivity index (χ4v) is 2.59. The molecular weight excluding hydrogens is 202 g/mol. The molecule has 2 heterocycles. The quantitative estimate of drug-likeness (QED) is 0.700. The van der Waals surface area contributed by atoms with Gasteiger partial charge in [0, 0.05) is 32.2 Å². The summed E-state index contributed by atoms with van der Waals surface area (Å²) in [7, 11) is 0. The van der Waals surface area contributed by atoms with Crippen molar-refractivity contribution in [3.63, 3.8) is 0 Å². The Kier molecular flexibility index (Phi) is 4.16. The Morgan fingerprint density at radius 3 is 2.62 bits per heavy atom. The number of nitriles is 1. The average Bonchev–Trinajstić information content (AvgIpc) is 2.69. The lowest BCUT2D eigenvalue weighted by Crippen LogP contribution is -2.42. The molecule has 4 nitrogen and oxygen atoms in total. The predicted octanol–water partition coefficient (Wildman–Crippen LogP) is 0.553. The van der Waals surface area contributed by atoms with Gasteiger partial charge in [0.15, 0.2) is 0 Å². The van der Waals surface area contributed by atoms with E-state index in [1.165, 1.54) is 0 Å². The fourth-order valence-electron chi connectivity index (χ4n) is 2.59. The lowest BCUT2D eigenvalue weighted by molar-refractivity contribution is 0.0328. The van der Waals surface area contributed by atoms with Gasteiger partial charge in [0.2, 0.25) is 0 Å². The van der Waals surface area contributed by atoms with E-state index >= 15 is 0 Å². The molecule has 2 fully saturated rings. The van der Waals surface area contributed by atoms with Gasteiger partial charge >= 0.3 is 0 Å². The second-order valence-corrected chi connectivity index (χ2v) is 4.75. The SMILES string of the molecule is CC1C(C#N)CCN1CCN1CCOCC1. The van der Waals surface area contributed by atoms with E-state index in [0.717, 1.165) is 52.4 Å². The van der Waals surface area contributed by atoms with Crippen molar-refractivity contribution < 1.29 is 4.74 Å². The van der Waals surface area contributed by atoms with Gasteiger partial charge in [-0.2, -0.15) is 5.26 Å². The molecule has 2 saturated heterocycles. The lowest BCUT2D eigenvalue weighted by Gasteiger charge is -2.30. The summed E-state index contributed by atoms with van der Waals surface area (Å²) >= 11 is 0.